The Morgan fingerprint density at radius 3 is 2.45 bits per heavy atom. The molecule has 0 heterocycles. The highest BCUT2D eigenvalue weighted by Crippen LogP contribution is 2.30. The number of hydrogen-bond donors (Lipinski definition) is 2. The number of rotatable bonds is 3. The number of hydrogen-bond acceptors (Lipinski definition) is 2. The lowest BCUT2D eigenvalue weighted by Gasteiger charge is -2.25. The van der Waals surface area contributed by atoms with Crippen LogP contribution in [0.5, 0.6) is 0 Å². The topological polar surface area (TPSA) is 66.4 Å². The van der Waals surface area contributed by atoms with Crippen LogP contribution in [0.1, 0.15) is 43.0 Å². The third-order valence-electron chi connectivity index (χ3n) is 3.86. The van der Waals surface area contributed by atoms with Crippen molar-refractivity contribution in [2.75, 3.05) is 5.32 Å². The summed E-state index contributed by atoms with van der Waals surface area (Å²) in [4.78, 5) is 23.0. The zero-order valence-electron chi connectivity index (χ0n) is 11.4. The molecule has 2 rings (SSSR count). The maximum absolute atomic E-state index is 12.2. The molecule has 1 aliphatic carbocycles. The summed E-state index contributed by atoms with van der Waals surface area (Å²) in [7, 11) is 0. The fourth-order valence-electron chi connectivity index (χ4n) is 2.51. The first kappa shape index (κ1) is 14.9. The average molecular weight is 296 g/mol. The molecular formula is C15H18ClNO3. The smallest absolute Gasteiger partial charge is 0.335 e. The summed E-state index contributed by atoms with van der Waals surface area (Å²) in [5, 5.41) is 11.9. The number of carboxylic acid groups (broad SMARTS) is 1. The Bertz CT molecular complexity index is 522. The zero-order chi connectivity index (χ0) is 14.7. The fourth-order valence-corrected chi connectivity index (χ4v) is 2.73. The zero-order valence-corrected chi connectivity index (χ0v) is 12.1. The number of nitrogens with one attached hydrogen (secondary N) is 1. The molecule has 1 aromatic rings. The fraction of sp³-hybridized carbons (Fsp3) is 0.467. The van der Waals surface area contributed by atoms with Gasteiger partial charge in [0.05, 0.1) is 16.3 Å². The van der Waals surface area contributed by atoms with E-state index >= 15 is 0 Å². The van der Waals surface area contributed by atoms with Gasteiger partial charge < -0.3 is 10.4 Å². The van der Waals surface area contributed by atoms with Gasteiger partial charge in [0.15, 0.2) is 0 Å². The molecule has 0 bridgehead atoms. The third-order valence-corrected chi connectivity index (χ3v) is 4.17. The number of amides is 1. The predicted molar refractivity (Wildman–Crippen MR) is 78.2 cm³/mol. The van der Waals surface area contributed by atoms with Crippen LogP contribution >= 0.6 is 11.6 Å². The second-order valence-corrected chi connectivity index (χ2v) is 5.85. The summed E-state index contributed by atoms with van der Waals surface area (Å²) in [5.41, 5.74) is 0.583. The Balaban J connectivity index is 2.02. The number of aromatic carboxylic acids is 1. The number of carbonyl (C=O) groups is 2. The van der Waals surface area contributed by atoms with E-state index in [0.717, 1.165) is 25.7 Å². The largest absolute Gasteiger partial charge is 0.478 e. The third kappa shape index (κ3) is 3.51. The van der Waals surface area contributed by atoms with Gasteiger partial charge in [-0.3, -0.25) is 4.79 Å². The molecule has 1 amide bonds. The van der Waals surface area contributed by atoms with Crippen molar-refractivity contribution in [2.24, 2.45) is 11.8 Å². The van der Waals surface area contributed by atoms with Crippen molar-refractivity contribution in [1.82, 2.24) is 0 Å². The quantitative estimate of drug-likeness (QED) is 0.891. The number of carboxylic acids is 1. The molecule has 5 heteroatoms. The van der Waals surface area contributed by atoms with Crippen LogP contribution in [-0.2, 0) is 4.79 Å². The summed E-state index contributed by atoms with van der Waals surface area (Å²) in [6.45, 7) is 2.20. The van der Waals surface area contributed by atoms with E-state index in [1.54, 1.807) is 0 Å². The van der Waals surface area contributed by atoms with E-state index in [9.17, 15) is 9.59 Å². The molecule has 1 aromatic carbocycles. The van der Waals surface area contributed by atoms with Crippen molar-refractivity contribution >= 4 is 29.2 Å². The first-order valence-electron chi connectivity index (χ1n) is 6.81. The lowest BCUT2D eigenvalue weighted by molar-refractivity contribution is -0.121. The van der Waals surface area contributed by atoms with Crippen LogP contribution in [0.25, 0.3) is 0 Å². The minimum absolute atomic E-state index is 0.0260. The van der Waals surface area contributed by atoms with Crippen LogP contribution in [0, 0.1) is 11.8 Å². The van der Waals surface area contributed by atoms with Crippen LogP contribution in [-0.4, -0.2) is 17.0 Å². The van der Waals surface area contributed by atoms with Crippen LogP contribution in [0.2, 0.25) is 5.02 Å². The van der Waals surface area contributed by atoms with Gasteiger partial charge in [0, 0.05) is 5.92 Å². The molecule has 1 aliphatic rings. The van der Waals surface area contributed by atoms with Gasteiger partial charge in [0.25, 0.3) is 0 Å². The number of halogens is 1. The average Bonchev–Trinajstić information content (AvgIpc) is 2.41. The molecule has 0 saturated heterocycles. The molecule has 108 valence electrons. The van der Waals surface area contributed by atoms with E-state index in [1.807, 2.05) is 0 Å². The molecule has 0 aromatic heterocycles. The molecule has 1 saturated carbocycles. The molecule has 0 unspecified atom stereocenters. The molecule has 0 atom stereocenters. The van der Waals surface area contributed by atoms with E-state index < -0.39 is 5.97 Å². The van der Waals surface area contributed by atoms with Crippen molar-refractivity contribution in [1.29, 1.82) is 0 Å². The maximum atomic E-state index is 12.2. The minimum Gasteiger partial charge on any atom is -0.478 e. The van der Waals surface area contributed by atoms with Gasteiger partial charge in [-0.25, -0.2) is 4.79 Å². The molecule has 0 radical (unpaired) electrons. The number of benzene rings is 1. The van der Waals surface area contributed by atoms with E-state index in [1.165, 1.54) is 18.2 Å². The Kier molecular flexibility index (Phi) is 4.65. The Hall–Kier alpha value is -1.55. The standard InChI is InChI=1S/C15H18ClNO3/c1-9-2-4-10(5-3-9)14(18)17-13-7-6-11(15(19)20)8-12(13)16/h6-10H,2-5H2,1H3,(H,17,18)(H,19,20). The van der Waals surface area contributed by atoms with Crippen molar-refractivity contribution < 1.29 is 14.7 Å². The highest BCUT2D eigenvalue weighted by Gasteiger charge is 2.24. The van der Waals surface area contributed by atoms with Gasteiger partial charge in [-0.15, -0.1) is 0 Å². The van der Waals surface area contributed by atoms with E-state index in [4.69, 9.17) is 16.7 Å². The summed E-state index contributed by atoms with van der Waals surface area (Å²) < 4.78 is 0. The van der Waals surface area contributed by atoms with E-state index in [2.05, 4.69) is 12.2 Å². The van der Waals surface area contributed by atoms with Gasteiger partial charge in [-0.05, 0) is 49.8 Å². The first-order chi connectivity index (χ1) is 9.47. The van der Waals surface area contributed by atoms with Crippen molar-refractivity contribution in [3.63, 3.8) is 0 Å². The highest BCUT2D eigenvalue weighted by molar-refractivity contribution is 6.34. The van der Waals surface area contributed by atoms with Gasteiger partial charge in [0.2, 0.25) is 5.91 Å². The van der Waals surface area contributed by atoms with Crippen LogP contribution in [0.15, 0.2) is 18.2 Å². The summed E-state index contributed by atoms with van der Waals surface area (Å²) in [6, 6.07) is 4.32. The number of carbonyl (C=O) groups excluding carboxylic acids is 1. The molecule has 1 fully saturated rings. The highest BCUT2D eigenvalue weighted by atomic mass is 35.5. The second kappa shape index (κ2) is 6.27. The Morgan fingerprint density at radius 1 is 1.25 bits per heavy atom. The lowest BCUT2D eigenvalue weighted by atomic mass is 9.82. The summed E-state index contributed by atoms with van der Waals surface area (Å²) >= 11 is 6.00. The van der Waals surface area contributed by atoms with Crippen LogP contribution in [0.4, 0.5) is 5.69 Å². The Morgan fingerprint density at radius 2 is 1.90 bits per heavy atom. The molecule has 2 N–H and O–H groups in total. The van der Waals surface area contributed by atoms with Gasteiger partial charge in [-0.1, -0.05) is 18.5 Å². The number of anilines is 1. The van der Waals surface area contributed by atoms with Crippen molar-refractivity contribution in [3.8, 4) is 0 Å². The van der Waals surface area contributed by atoms with Crippen LogP contribution < -0.4 is 5.32 Å². The predicted octanol–water partition coefficient (Wildman–Crippen LogP) is 3.80. The molecule has 0 aliphatic heterocycles. The molecular weight excluding hydrogens is 278 g/mol. The first-order valence-corrected chi connectivity index (χ1v) is 7.19. The Labute approximate surface area is 123 Å². The second-order valence-electron chi connectivity index (χ2n) is 5.45. The summed E-state index contributed by atoms with van der Waals surface area (Å²) in [6.07, 6.45) is 3.95. The van der Waals surface area contributed by atoms with Crippen LogP contribution in [0.3, 0.4) is 0 Å². The molecule has 4 nitrogen and oxygen atoms in total. The maximum Gasteiger partial charge on any atom is 0.335 e. The van der Waals surface area contributed by atoms with Gasteiger partial charge >= 0.3 is 5.97 Å². The SMILES string of the molecule is CC1CCC(C(=O)Nc2ccc(C(=O)O)cc2Cl)CC1. The van der Waals surface area contributed by atoms with E-state index in [-0.39, 0.29) is 22.4 Å². The summed E-state index contributed by atoms with van der Waals surface area (Å²) in [5.74, 6) is -0.341. The normalized spacial score (nSPS) is 22.3. The molecule has 20 heavy (non-hydrogen) atoms. The lowest BCUT2D eigenvalue weighted by Crippen LogP contribution is -2.26. The molecule has 0 spiro atoms. The minimum atomic E-state index is -1.04. The van der Waals surface area contributed by atoms with Gasteiger partial charge in [-0.2, -0.15) is 0 Å². The van der Waals surface area contributed by atoms with Crippen molar-refractivity contribution in [3.05, 3.63) is 28.8 Å². The monoisotopic (exact) mass is 295 g/mol. The van der Waals surface area contributed by atoms with Crippen molar-refractivity contribution in [2.45, 2.75) is 32.6 Å². The van der Waals surface area contributed by atoms with Gasteiger partial charge in [0.1, 0.15) is 0 Å². The van der Waals surface area contributed by atoms with E-state index in [0.29, 0.717) is 11.6 Å².